The van der Waals surface area contributed by atoms with Crippen LogP contribution in [-0.2, 0) is 6.61 Å². The van der Waals surface area contributed by atoms with Crippen molar-refractivity contribution in [3.05, 3.63) is 53.6 Å². The molecule has 0 spiro atoms. The van der Waals surface area contributed by atoms with E-state index in [0.29, 0.717) is 11.4 Å². The summed E-state index contributed by atoms with van der Waals surface area (Å²) in [5, 5.41) is 17.4. The van der Waals surface area contributed by atoms with Gasteiger partial charge < -0.3 is 9.84 Å². The summed E-state index contributed by atoms with van der Waals surface area (Å²) in [5.74, 6) is -0.625. The number of carboxylic acid groups (broad SMARTS) is 1. The molecule has 6 heteroatoms. The maximum absolute atomic E-state index is 10.6. The molecule has 2 heterocycles. The zero-order chi connectivity index (χ0) is 13.7. The highest BCUT2D eigenvalue weighted by Gasteiger charge is 2.04. The van der Waals surface area contributed by atoms with E-state index in [0.717, 1.165) is 5.56 Å². The van der Waals surface area contributed by atoms with Gasteiger partial charge in [0.15, 0.2) is 0 Å². The standard InChI is InChI=1S/C13H9N3O3/c14-6-10-5-9(3-4-15-10)8-19-11-1-2-12(13(17)18)16-7-11/h1-5,7H,8H2,(H,17,18). The third-order valence-electron chi connectivity index (χ3n) is 2.30. The van der Waals surface area contributed by atoms with Gasteiger partial charge in [-0.05, 0) is 29.8 Å². The van der Waals surface area contributed by atoms with Gasteiger partial charge >= 0.3 is 5.97 Å². The highest BCUT2D eigenvalue weighted by atomic mass is 16.5. The molecule has 1 N–H and O–H groups in total. The molecule has 0 saturated heterocycles. The lowest BCUT2D eigenvalue weighted by molar-refractivity contribution is 0.0690. The van der Waals surface area contributed by atoms with Crippen LogP contribution in [-0.4, -0.2) is 21.0 Å². The SMILES string of the molecule is N#Cc1cc(COc2ccc(C(=O)O)nc2)ccn1. The minimum Gasteiger partial charge on any atom is -0.487 e. The Morgan fingerprint density at radius 1 is 1.37 bits per heavy atom. The fourth-order valence-electron chi connectivity index (χ4n) is 1.38. The number of nitrogens with zero attached hydrogens (tertiary/aromatic N) is 3. The molecule has 2 aromatic rings. The number of pyridine rings is 2. The normalized spacial score (nSPS) is 9.63. The Morgan fingerprint density at radius 3 is 2.84 bits per heavy atom. The van der Waals surface area contributed by atoms with Crippen molar-refractivity contribution in [2.75, 3.05) is 0 Å². The van der Waals surface area contributed by atoms with Crippen LogP contribution in [0.2, 0.25) is 0 Å². The van der Waals surface area contributed by atoms with E-state index in [-0.39, 0.29) is 12.3 Å². The smallest absolute Gasteiger partial charge is 0.354 e. The fraction of sp³-hybridized carbons (Fsp3) is 0.0769. The zero-order valence-corrected chi connectivity index (χ0v) is 9.78. The first kappa shape index (κ1) is 12.5. The molecule has 0 aliphatic carbocycles. The van der Waals surface area contributed by atoms with E-state index in [1.165, 1.54) is 24.5 Å². The van der Waals surface area contributed by atoms with Gasteiger partial charge in [-0.2, -0.15) is 5.26 Å². The van der Waals surface area contributed by atoms with E-state index in [4.69, 9.17) is 15.1 Å². The van der Waals surface area contributed by atoms with E-state index in [9.17, 15) is 4.79 Å². The Kier molecular flexibility index (Phi) is 3.69. The first-order valence-corrected chi connectivity index (χ1v) is 5.36. The van der Waals surface area contributed by atoms with Gasteiger partial charge in [0.2, 0.25) is 0 Å². The van der Waals surface area contributed by atoms with Gasteiger partial charge in [0.1, 0.15) is 29.8 Å². The summed E-state index contributed by atoms with van der Waals surface area (Å²) >= 11 is 0. The van der Waals surface area contributed by atoms with Crippen LogP contribution in [0.15, 0.2) is 36.7 Å². The molecule has 0 bridgehead atoms. The molecule has 94 valence electrons. The molecular formula is C13H9N3O3. The minimum absolute atomic E-state index is 0.0389. The Bertz CT molecular complexity index is 632. The van der Waals surface area contributed by atoms with E-state index in [1.54, 1.807) is 12.1 Å². The number of carbonyl (C=O) groups is 1. The van der Waals surface area contributed by atoms with Crippen molar-refractivity contribution in [2.24, 2.45) is 0 Å². The molecule has 2 aromatic heterocycles. The van der Waals surface area contributed by atoms with Gasteiger partial charge in [-0.1, -0.05) is 0 Å². The minimum atomic E-state index is -1.08. The molecule has 0 fully saturated rings. The molecule has 0 aromatic carbocycles. The van der Waals surface area contributed by atoms with Crippen molar-refractivity contribution in [3.8, 4) is 11.8 Å². The molecule has 0 amide bonds. The van der Waals surface area contributed by atoms with Crippen molar-refractivity contribution in [1.29, 1.82) is 5.26 Å². The van der Waals surface area contributed by atoms with Crippen molar-refractivity contribution in [1.82, 2.24) is 9.97 Å². The lowest BCUT2D eigenvalue weighted by Crippen LogP contribution is -2.01. The van der Waals surface area contributed by atoms with Crippen molar-refractivity contribution in [2.45, 2.75) is 6.61 Å². The quantitative estimate of drug-likeness (QED) is 0.891. The summed E-state index contributed by atoms with van der Waals surface area (Å²) < 4.78 is 5.43. The number of aromatic nitrogens is 2. The monoisotopic (exact) mass is 255 g/mol. The summed E-state index contributed by atoms with van der Waals surface area (Å²) in [6.07, 6.45) is 2.87. The Labute approximate surface area is 108 Å². The molecule has 19 heavy (non-hydrogen) atoms. The van der Waals surface area contributed by atoms with Crippen molar-refractivity contribution < 1.29 is 14.6 Å². The number of nitriles is 1. The molecular weight excluding hydrogens is 246 g/mol. The molecule has 0 saturated carbocycles. The van der Waals surface area contributed by atoms with Crippen molar-refractivity contribution in [3.63, 3.8) is 0 Å². The van der Waals surface area contributed by atoms with Crippen LogP contribution in [0.3, 0.4) is 0 Å². The molecule has 0 aliphatic rings. The van der Waals surface area contributed by atoms with Crippen LogP contribution < -0.4 is 4.74 Å². The van der Waals surface area contributed by atoms with Crippen LogP contribution in [0.4, 0.5) is 0 Å². The number of carboxylic acids is 1. The molecule has 2 rings (SSSR count). The van der Waals surface area contributed by atoms with Gasteiger partial charge in [-0.15, -0.1) is 0 Å². The molecule has 6 nitrogen and oxygen atoms in total. The van der Waals surface area contributed by atoms with Crippen LogP contribution in [0.25, 0.3) is 0 Å². The first-order chi connectivity index (χ1) is 9.19. The first-order valence-electron chi connectivity index (χ1n) is 5.36. The second-order valence-electron chi connectivity index (χ2n) is 3.63. The van der Waals surface area contributed by atoms with Gasteiger partial charge in [0.25, 0.3) is 0 Å². The summed E-state index contributed by atoms with van der Waals surface area (Å²) in [4.78, 5) is 18.2. The average Bonchev–Trinajstić information content (AvgIpc) is 2.46. The Morgan fingerprint density at radius 2 is 2.21 bits per heavy atom. The lowest BCUT2D eigenvalue weighted by atomic mass is 10.2. The summed E-state index contributed by atoms with van der Waals surface area (Å²) in [7, 11) is 0. The molecule has 0 atom stereocenters. The number of aromatic carboxylic acids is 1. The average molecular weight is 255 g/mol. The molecule has 0 radical (unpaired) electrons. The van der Waals surface area contributed by atoms with Crippen LogP contribution in [0.5, 0.6) is 5.75 Å². The topological polar surface area (TPSA) is 96.1 Å². The second-order valence-corrected chi connectivity index (χ2v) is 3.63. The van der Waals surface area contributed by atoms with Gasteiger partial charge in [0, 0.05) is 6.20 Å². The maximum Gasteiger partial charge on any atom is 0.354 e. The van der Waals surface area contributed by atoms with Gasteiger partial charge in [0.05, 0.1) is 6.20 Å². The van der Waals surface area contributed by atoms with E-state index >= 15 is 0 Å². The van der Waals surface area contributed by atoms with E-state index in [2.05, 4.69) is 9.97 Å². The maximum atomic E-state index is 10.6. The number of rotatable bonds is 4. The van der Waals surface area contributed by atoms with Crippen LogP contribution in [0, 0.1) is 11.3 Å². The van der Waals surface area contributed by atoms with Crippen LogP contribution in [0.1, 0.15) is 21.7 Å². The third kappa shape index (κ3) is 3.26. The summed E-state index contributed by atoms with van der Waals surface area (Å²) in [6, 6.07) is 8.20. The van der Waals surface area contributed by atoms with Gasteiger partial charge in [-0.3, -0.25) is 0 Å². The highest BCUT2D eigenvalue weighted by Crippen LogP contribution is 2.12. The number of hydrogen-bond acceptors (Lipinski definition) is 5. The summed E-state index contributed by atoms with van der Waals surface area (Å²) in [6.45, 7) is 0.255. The largest absolute Gasteiger partial charge is 0.487 e. The molecule has 0 aliphatic heterocycles. The number of ether oxygens (including phenoxy) is 1. The van der Waals surface area contributed by atoms with Gasteiger partial charge in [-0.25, -0.2) is 14.8 Å². The Hall–Kier alpha value is -2.94. The Balaban J connectivity index is 2.02. The van der Waals surface area contributed by atoms with Crippen LogP contribution >= 0.6 is 0 Å². The zero-order valence-electron chi connectivity index (χ0n) is 9.78. The second kappa shape index (κ2) is 5.60. The summed E-state index contributed by atoms with van der Waals surface area (Å²) in [5.41, 5.74) is 1.08. The molecule has 0 unspecified atom stereocenters. The van der Waals surface area contributed by atoms with E-state index in [1.807, 2.05) is 6.07 Å². The highest BCUT2D eigenvalue weighted by molar-refractivity contribution is 5.85. The lowest BCUT2D eigenvalue weighted by Gasteiger charge is -2.05. The van der Waals surface area contributed by atoms with Crippen molar-refractivity contribution >= 4 is 5.97 Å². The number of hydrogen-bond donors (Lipinski definition) is 1. The predicted octanol–water partition coefficient (Wildman–Crippen LogP) is 1.63. The predicted molar refractivity (Wildman–Crippen MR) is 64.5 cm³/mol. The third-order valence-corrected chi connectivity index (χ3v) is 2.30. The van der Waals surface area contributed by atoms with E-state index < -0.39 is 5.97 Å². The fourth-order valence-corrected chi connectivity index (χ4v) is 1.38.